The molecule has 21 heavy (non-hydrogen) atoms. The van der Waals surface area contributed by atoms with Crippen molar-refractivity contribution in [2.45, 2.75) is 12.8 Å². The van der Waals surface area contributed by atoms with Crippen molar-refractivity contribution in [1.29, 1.82) is 0 Å². The van der Waals surface area contributed by atoms with E-state index in [0.29, 0.717) is 11.4 Å². The third-order valence-corrected chi connectivity index (χ3v) is 3.22. The number of rotatable bonds is 4. The van der Waals surface area contributed by atoms with Crippen molar-refractivity contribution in [1.82, 2.24) is 0 Å². The first-order valence-corrected chi connectivity index (χ1v) is 6.52. The molecular formula is C15H12ClF3O2. The van der Waals surface area contributed by atoms with Gasteiger partial charge in [-0.15, -0.1) is 13.2 Å². The summed E-state index contributed by atoms with van der Waals surface area (Å²) in [4.78, 5) is 0. The lowest BCUT2D eigenvalue weighted by atomic mass is 10.0. The number of hydrogen-bond donors (Lipinski definition) is 1. The molecule has 0 aliphatic heterocycles. The highest BCUT2D eigenvalue weighted by Gasteiger charge is 2.30. The fraction of sp³-hybridized carbons (Fsp3) is 0.200. The van der Waals surface area contributed by atoms with Crippen molar-refractivity contribution in [3.8, 4) is 16.9 Å². The molecule has 0 saturated carbocycles. The number of halogens is 4. The second-order valence-corrected chi connectivity index (χ2v) is 4.76. The normalized spacial score (nSPS) is 11.5. The van der Waals surface area contributed by atoms with Crippen molar-refractivity contribution in [2.24, 2.45) is 0 Å². The zero-order valence-electron chi connectivity index (χ0n) is 10.8. The van der Waals surface area contributed by atoms with E-state index in [1.54, 1.807) is 18.2 Å². The molecule has 2 rings (SSSR count). The summed E-state index contributed by atoms with van der Waals surface area (Å²) in [7, 11) is 0. The molecule has 0 aliphatic carbocycles. The number of aliphatic hydroxyl groups excluding tert-OH is 1. The molecule has 0 unspecified atom stereocenters. The van der Waals surface area contributed by atoms with Crippen LogP contribution in [0, 0.1) is 0 Å². The van der Waals surface area contributed by atoms with Crippen molar-refractivity contribution in [2.75, 3.05) is 6.61 Å². The zero-order chi connectivity index (χ0) is 15.5. The first-order valence-electron chi connectivity index (χ1n) is 6.14. The highest BCUT2D eigenvalue weighted by Crippen LogP contribution is 2.29. The molecule has 2 aromatic rings. The van der Waals surface area contributed by atoms with Crippen molar-refractivity contribution < 1.29 is 23.0 Å². The number of aliphatic hydroxyl groups is 1. The van der Waals surface area contributed by atoms with Gasteiger partial charge in [0.1, 0.15) is 5.75 Å². The predicted molar refractivity (Wildman–Crippen MR) is 74.4 cm³/mol. The van der Waals surface area contributed by atoms with E-state index in [1.165, 1.54) is 24.3 Å². The second kappa shape index (κ2) is 6.37. The van der Waals surface area contributed by atoms with Crippen LogP contribution < -0.4 is 4.74 Å². The molecule has 0 bridgehead atoms. The quantitative estimate of drug-likeness (QED) is 0.903. The van der Waals surface area contributed by atoms with Gasteiger partial charge in [0.2, 0.25) is 0 Å². The SMILES string of the molecule is OCCc1cc(-c2ccc(OC(F)(F)F)cc2)ccc1Cl. The fourth-order valence-electron chi connectivity index (χ4n) is 1.92. The van der Waals surface area contributed by atoms with Gasteiger partial charge in [-0.25, -0.2) is 0 Å². The molecule has 6 heteroatoms. The Morgan fingerprint density at radius 1 is 1.00 bits per heavy atom. The standard InChI is InChI=1S/C15H12ClF3O2/c16-14-6-3-11(9-12(14)7-8-20)10-1-4-13(5-2-10)21-15(17,18)19/h1-6,9,20H,7-8H2. The van der Waals surface area contributed by atoms with Crippen LogP contribution in [0.1, 0.15) is 5.56 Å². The highest BCUT2D eigenvalue weighted by molar-refractivity contribution is 6.31. The highest BCUT2D eigenvalue weighted by atomic mass is 35.5. The topological polar surface area (TPSA) is 29.5 Å². The molecule has 0 fully saturated rings. The summed E-state index contributed by atoms with van der Waals surface area (Å²) >= 11 is 6.00. The zero-order valence-corrected chi connectivity index (χ0v) is 11.6. The Hall–Kier alpha value is -1.72. The van der Waals surface area contributed by atoms with Crippen LogP contribution in [-0.4, -0.2) is 18.1 Å². The Morgan fingerprint density at radius 3 is 2.19 bits per heavy atom. The largest absolute Gasteiger partial charge is 0.573 e. The van der Waals surface area contributed by atoms with Gasteiger partial charge in [0.25, 0.3) is 0 Å². The average molecular weight is 317 g/mol. The molecule has 1 N–H and O–H groups in total. The molecule has 0 saturated heterocycles. The van der Waals surface area contributed by atoms with Crippen LogP contribution in [-0.2, 0) is 6.42 Å². The molecule has 0 atom stereocenters. The molecule has 0 spiro atoms. The number of hydrogen-bond acceptors (Lipinski definition) is 2. The number of ether oxygens (including phenoxy) is 1. The molecule has 0 radical (unpaired) electrons. The van der Waals surface area contributed by atoms with Gasteiger partial charge in [-0.3, -0.25) is 0 Å². The maximum absolute atomic E-state index is 12.1. The smallest absolute Gasteiger partial charge is 0.406 e. The summed E-state index contributed by atoms with van der Waals surface area (Å²) in [6.45, 7) is -0.0263. The lowest BCUT2D eigenvalue weighted by Gasteiger charge is -2.10. The van der Waals surface area contributed by atoms with Crippen molar-refractivity contribution in [3.05, 3.63) is 53.1 Å². The van der Waals surface area contributed by atoms with E-state index in [9.17, 15) is 13.2 Å². The van der Waals surface area contributed by atoms with E-state index >= 15 is 0 Å². The van der Waals surface area contributed by atoms with Crippen LogP contribution in [0.5, 0.6) is 5.75 Å². The van der Waals surface area contributed by atoms with Crippen LogP contribution in [0.2, 0.25) is 5.02 Å². The lowest BCUT2D eigenvalue weighted by molar-refractivity contribution is -0.274. The summed E-state index contributed by atoms with van der Waals surface area (Å²) < 4.78 is 40.1. The maximum atomic E-state index is 12.1. The van der Waals surface area contributed by atoms with Crippen LogP contribution in [0.4, 0.5) is 13.2 Å². The molecule has 0 aromatic heterocycles. The third kappa shape index (κ3) is 4.37. The number of alkyl halides is 3. The van der Waals surface area contributed by atoms with E-state index in [4.69, 9.17) is 16.7 Å². The lowest BCUT2D eigenvalue weighted by Crippen LogP contribution is -2.16. The Labute approximate surface area is 124 Å². The van der Waals surface area contributed by atoms with Crippen LogP contribution in [0.3, 0.4) is 0 Å². The summed E-state index contributed by atoms with van der Waals surface area (Å²) in [5.41, 5.74) is 2.33. The summed E-state index contributed by atoms with van der Waals surface area (Å²) in [6, 6.07) is 10.8. The van der Waals surface area contributed by atoms with Crippen LogP contribution in [0.15, 0.2) is 42.5 Å². The van der Waals surface area contributed by atoms with Gasteiger partial charge in [-0.2, -0.15) is 0 Å². The van der Waals surface area contributed by atoms with Crippen LogP contribution >= 0.6 is 11.6 Å². The van der Waals surface area contributed by atoms with Crippen molar-refractivity contribution in [3.63, 3.8) is 0 Å². The Balaban J connectivity index is 2.24. The van der Waals surface area contributed by atoms with Gasteiger partial charge in [0, 0.05) is 11.6 Å². The Kier molecular flexibility index (Phi) is 4.75. The molecular weight excluding hydrogens is 305 g/mol. The van der Waals surface area contributed by atoms with Gasteiger partial charge < -0.3 is 9.84 Å². The second-order valence-electron chi connectivity index (χ2n) is 4.35. The summed E-state index contributed by atoms with van der Waals surface area (Å²) in [5, 5.41) is 9.51. The molecule has 0 heterocycles. The fourth-order valence-corrected chi connectivity index (χ4v) is 2.13. The monoisotopic (exact) mass is 316 g/mol. The van der Waals surface area contributed by atoms with Gasteiger partial charge in [0.15, 0.2) is 0 Å². The van der Waals surface area contributed by atoms with E-state index in [1.807, 2.05) is 0 Å². The number of benzene rings is 2. The van der Waals surface area contributed by atoms with Gasteiger partial charge in [0.05, 0.1) is 0 Å². The van der Waals surface area contributed by atoms with Gasteiger partial charge in [-0.1, -0.05) is 29.8 Å². The van der Waals surface area contributed by atoms with E-state index in [-0.39, 0.29) is 12.4 Å². The minimum absolute atomic E-state index is 0.0263. The Morgan fingerprint density at radius 2 is 1.62 bits per heavy atom. The molecule has 0 amide bonds. The molecule has 0 aliphatic rings. The first-order chi connectivity index (χ1) is 9.89. The molecule has 2 aromatic carbocycles. The van der Waals surface area contributed by atoms with E-state index in [2.05, 4.69) is 4.74 Å². The summed E-state index contributed by atoms with van der Waals surface area (Å²) in [6.07, 6.45) is -4.28. The van der Waals surface area contributed by atoms with Gasteiger partial charge in [-0.05, 0) is 47.4 Å². The summed E-state index contributed by atoms with van der Waals surface area (Å²) in [5.74, 6) is -0.268. The Bertz CT molecular complexity index is 609. The minimum Gasteiger partial charge on any atom is -0.406 e. The predicted octanol–water partition coefficient (Wildman–Crippen LogP) is 4.44. The third-order valence-electron chi connectivity index (χ3n) is 2.85. The molecule has 112 valence electrons. The first kappa shape index (κ1) is 15.7. The average Bonchev–Trinajstić information content (AvgIpc) is 2.41. The van der Waals surface area contributed by atoms with E-state index < -0.39 is 6.36 Å². The van der Waals surface area contributed by atoms with Gasteiger partial charge >= 0.3 is 6.36 Å². The van der Waals surface area contributed by atoms with Crippen molar-refractivity contribution >= 4 is 11.6 Å². The van der Waals surface area contributed by atoms with E-state index in [0.717, 1.165) is 16.7 Å². The maximum Gasteiger partial charge on any atom is 0.573 e. The molecule has 2 nitrogen and oxygen atoms in total. The minimum atomic E-state index is -4.70. The van der Waals surface area contributed by atoms with Crippen LogP contribution in [0.25, 0.3) is 11.1 Å².